The zero-order valence-corrected chi connectivity index (χ0v) is 22.5. The second-order valence-electron chi connectivity index (χ2n) is 9.45. The number of rotatable bonds is 6. The summed E-state index contributed by atoms with van der Waals surface area (Å²) in [5.41, 5.74) is 5.90. The van der Waals surface area contributed by atoms with E-state index in [1.54, 1.807) is 10.9 Å². The van der Waals surface area contributed by atoms with Gasteiger partial charge < -0.3 is 14.6 Å². The van der Waals surface area contributed by atoms with Crippen LogP contribution in [0.4, 0.5) is 0 Å². The first-order valence-corrected chi connectivity index (χ1v) is 12.9. The number of nitrogens with zero attached hydrogens (tertiary/aromatic N) is 7. The number of aromatic nitrogens is 7. The van der Waals surface area contributed by atoms with Crippen molar-refractivity contribution in [2.45, 2.75) is 33.4 Å². The number of aryl methyl sites for hydroxylation is 2. The van der Waals surface area contributed by atoms with Gasteiger partial charge in [0.2, 0.25) is 11.8 Å². The first-order valence-electron chi connectivity index (χ1n) is 12.9. The van der Waals surface area contributed by atoms with E-state index in [-0.39, 0.29) is 12.6 Å². The second-order valence-corrected chi connectivity index (χ2v) is 9.45. The van der Waals surface area contributed by atoms with Gasteiger partial charge in [0.05, 0.1) is 58.3 Å². The molecule has 0 saturated carbocycles. The molecule has 5 heterocycles. The summed E-state index contributed by atoms with van der Waals surface area (Å²) in [6.45, 7) is 8.85. The van der Waals surface area contributed by atoms with Crippen LogP contribution in [0, 0.1) is 6.92 Å². The van der Waals surface area contributed by atoms with Gasteiger partial charge in [-0.3, -0.25) is 25.0 Å². The molecule has 1 aliphatic heterocycles. The maximum Gasteiger partial charge on any atom is 0.241 e. The summed E-state index contributed by atoms with van der Waals surface area (Å²) in [4.78, 5) is 6.97. The Hall–Kier alpha value is -3.74. The third-order valence-corrected chi connectivity index (χ3v) is 6.83. The summed E-state index contributed by atoms with van der Waals surface area (Å²) in [5.74, 6) is 1.18. The van der Waals surface area contributed by atoms with Crippen LogP contribution in [0.2, 0.25) is 0 Å². The molecule has 12 heteroatoms. The maximum absolute atomic E-state index is 9.98. The van der Waals surface area contributed by atoms with E-state index in [1.807, 2.05) is 50.8 Å². The molecule has 2 bridgehead atoms. The Bertz CT molecular complexity index is 1450. The van der Waals surface area contributed by atoms with Crippen molar-refractivity contribution in [3.63, 3.8) is 0 Å². The molecule has 0 radical (unpaired) electrons. The minimum Gasteiger partial charge on any atom is -0.476 e. The summed E-state index contributed by atoms with van der Waals surface area (Å²) in [6.07, 6.45) is 5.75. The van der Waals surface area contributed by atoms with Gasteiger partial charge in [-0.25, -0.2) is 4.68 Å². The van der Waals surface area contributed by atoms with Gasteiger partial charge in [0, 0.05) is 25.5 Å². The van der Waals surface area contributed by atoms with E-state index < -0.39 is 0 Å². The predicted molar refractivity (Wildman–Crippen MR) is 145 cm³/mol. The summed E-state index contributed by atoms with van der Waals surface area (Å²) in [5, 5.41) is 30.9. The van der Waals surface area contributed by atoms with E-state index >= 15 is 0 Å². The number of ether oxygens (including phenoxy) is 2. The SMILES string of the molecule is CCN1CCOc2c(c(C)nn2C)-c2cc3c(n[nH]c3cn2)/C=C/c2c(OCNC)nn([C@@H](C)CO)c2C1. The van der Waals surface area contributed by atoms with Gasteiger partial charge in [-0.05, 0) is 45.7 Å². The van der Waals surface area contributed by atoms with Gasteiger partial charge in [0.1, 0.15) is 13.3 Å². The minimum atomic E-state index is -0.221. The largest absolute Gasteiger partial charge is 0.476 e. The second kappa shape index (κ2) is 10.9. The summed E-state index contributed by atoms with van der Waals surface area (Å²) in [7, 11) is 3.71. The Morgan fingerprint density at radius 1 is 1.29 bits per heavy atom. The number of likely N-dealkylation sites (N-methyl/N-ethyl adjacent to an activating group) is 1. The fourth-order valence-electron chi connectivity index (χ4n) is 4.77. The third-order valence-electron chi connectivity index (χ3n) is 6.83. The first kappa shape index (κ1) is 25.9. The lowest BCUT2D eigenvalue weighted by atomic mass is 10.1. The summed E-state index contributed by atoms with van der Waals surface area (Å²) in [6, 6.07) is 1.80. The number of pyridine rings is 1. The molecule has 5 rings (SSSR count). The molecule has 0 unspecified atom stereocenters. The van der Waals surface area contributed by atoms with Crippen molar-refractivity contribution in [2.75, 3.05) is 40.1 Å². The fraction of sp³-hybridized carbons (Fsp3) is 0.462. The van der Waals surface area contributed by atoms with Gasteiger partial charge in [-0.2, -0.15) is 10.2 Å². The van der Waals surface area contributed by atoms with Crippen LogP contribution >= 0.6 is 0 Å². The van der Waals surface area contributed by atoms with Crippen LogP contribution in [0.3, 0.4) is 0 Å². The Morgan fingerprint density at radius 2 is 2.13 bits per heavy atom. The van der Waals surface area contributed by atoms with Gasteiger partial charge in [-0.15, -0.1) is 5.10 Å². The molecule has 38 heavy (non-hydrogen) atoms. The number of H-pyrrole nitrogens is 1. The highest BCUT2D eigenvalue weighted by molar-refractivity contribution is 5.92. The molecule has 1 atom stereocenters. The Labute approximate surface area is 221 Å². The lowest BCUT2D eigenvalue weighted by Gasteiger charge is -2.23. The Balaban J connectivity index is 1.69. The van der Waals surface area contributed by atoms with Crippen molar-refractivity contribution in [2.24, 2.45) is 7.05 Å². The van der Waals surface area contributed by atoms with Crippen LogP contribution in [0.15, 0.2) is 12.3 Å². The van der Waals surface area contributed by atoms with Crippen LogP contribution in [0.5, 0.6) is 11.8 Å². The number of hydrogen-bond acceptors (Lipinski definition) is 9. The number of fused-ring (bicyclic) bond motifs is 4. The van der Waals surface area contributed by atoms with Crippen molar-refractivity contribution in [3.05, 3.63) is 34.9 Å². The highest BCUT2D eigenvalue weighted by Gasteiger charge is 2.24. The molecule has 202 valence electrons. The molecular weight excluding hydrogens is 486 g/mol. The van der Waals surface area contributed by atoms with Gasteiger partial charge in [0.15, 0.2) is 0 Å². The molecule has 0 aromatic carbocycles. The highest BCUT2D eigenvalue weighted by Crippen LogP contribution is 2.34. The number of nitrogens with one attached hydrogen (secondary N) is 2. The molecule has 0 saturated heterocycles. The topological polar surface area (TPSA) is 131 Å². The number of hydrogen-bond donors (Lipinski definition) is 3. The molecule has 1 aliphatic rings. The molecule has 0 aliphatic carbocycles. The van der Waals surface area contributed by atoms with Gasteiger partial charge >= 0.3 is 0 Å². The van der Waals surface area contributed by atoms with Crippen molar-refractivity contribution in [3.8, 4) is 23.0 Å². The van der Waals surface area contributed by atoms with Crippen molar-refractivity contribution >= 4 is 23.1 Å². The van der Waals surface area contributed by atoms with Crippen LogP contribution in [0.1, 0.15) is 42.5 Å². The van der Waals surface area contributed by atoms with E-state index in [9.17, 15) is 5.11 Å². The molecule has 4 aromatic heterocycles. The van der Waals surface area contributed by atoms with Crippen LogP contribution in [-0.4, -0.2) is 84.8 Å². The maximum atomic E-state index is 9.98. The zero-order valence-electron chi connectivity index (χ0n) is 22.5. The lowest BCUT2D eigenvalue weighted by molar-refractivity contribution is 0.189. The predicted octanol–water partition coefficient (Wildman–Crippen LogP) is 2.36. The highest BCUT2D eigenvalue weighted by atomic mass is 16.5. The lowest BCUT2D eigenvalue weighted by Crippen LogP contribution is -2.30. The molecule has 4 aromatic rings. The third kappa shape index (κ3) is 4.77. The van der Waals surface area contributed by atoms with E-state index in [0.717, 1.165) is 51.4 Å². The van der Waals surface area contributed by atoms with E-state index in [2.05, 4.69) is 32.4 Å². The van der Waals surface area contributed by atoms with E-state index in [1.165, 1.54) is 0 Å². The number of aromatic amines is 1. The summed E-state index contributed by atoms with van der Waals surface area (Å²) < 4.78 is 15.9. The summed E-state index contributed by atoms with van der Waals surface area (Å²) >= 11 is 0. The zero-order chi connectivity index (χ0) is 26.8. The van der Waals surface area contributed by atoms with E-state index in [4.69, 9.17) is 19.6 Å². The van der Waals surface area contributed by atoms with Gasteiger partial charge in [0.25, 0.3) is 0 Å². The smallest absolute Gasteiger partial charge is 0.241 e. The average Bonchev–Trinajstić information content (AvgIpc) is 3.56. The average molecular weight is 522 g/mol. The van der Waals surface area contributed by atoms with Crippen LogP contribution in [-0.2, 0) is 13.6 Å². The Kier molecular flexibility index (Phi) is 7.45. The molecule has 12 nitrogen and oxygen atoms in total. The first-order chi connectivity index (χ1) is 18.4. The van der Waals surface area contributed by atoms with E-state index in [0.29, 0.717) is 38.2 Å². The molecule has 0 amide bonds. The van der Waals surface area contributed by atoms with Crippen molar-refractivity contribution < 1.29 is 14.6 Å². The fourth-order valence-corrected chi connectivity index (χ4v) is 4.77. The quantitative estimate of drug-likeness (QED) is 0.327. The van der Waals surface area contributed by atoms with Crippen LogP contribution < -0.4 is 14.8 Å². The van der Waals surface area contributed by atoms with Gasteiger partial charge in [-0.1, -0.05) is 6.92 Å². The standard InChI is InChI=1S/C26H35N9O3/c1-6-34-9-10-37-26-24(17(3)31-33(26)5)21-11-19-20(29-30-22(19)12-28-21)8-7-18-23(13-34)35(16(2)14-36)32-25(18)38-15-27-4/h7-8,11-12,16,27,36H,6,9-10,13-15H2,1-5H3,(H,29,30)/b8-7+/t16-/m0/s1. The van der Waals surface area contributed by atoms with Crippen molar-refractivity contribution in [1.29, 1.82) is 0 Å². The number of aliphatic hydroxyl groups excluding tert-OH is 1. The molecule has 0 fully saturated rings. The molecular formula is C26H35N9O3. The molecule has 0 spiro atoms. The van der Waals surface area contributed by atoms with Crippen LogP contribution in [0.25, 0.3) is 34.3 Å². The normalized spacial score (nSPS) is 15.9. The van der Waals surface area contributed by atoms with Crippen molar-refractivity contribution in [1.82, 2.24) is 45.0 Å². The molecule has 3 N–H and O–H groups in total. The number of aliphatic hydroxyl groups is 1. The monoisotopic (exact) mass is 521 g/mol. The Morgan fingerprint density at radius 3 is 2.89 bits per heavy atom. The minimum absolute atomic E-state index is 0.0407.